The van der Waals surface area contributed by atoms with Crippen LogP contribution in [0.1, 0.15) is 46.3 Å². The van der Waals surface area contributed by atoms with E-state index in [0.717, 1.165) is 9.13 Å². The molecule has 0 bridgehead atoms. The molecule has 1 aromatic rings. The van der Waals surface area contributed by atoms with E-state index in [4.69, 9.17) is 9.47 Å². The Hall–Kier alpha value is -0.890. The summed E-state index contributed by atoms with van der Waals surface area (Å²) < 4.78 is 26.3. The Morgan fingerprint density at radius 3 is 2.39 bits per heavy atom. The van der Waals surface area contributed by atoms with Gasteiger partial charge >= 0.3 is 6.09 Å². The molecule has 0 aromatic heterocycles. The lowest BCUT2D eigenvalue weighted by Gasteiger charge is -2.34. The van der Waals surface area contributed by atoms with Crippen molar-refractivity contribution in [3.63, 3.8) is 0 Å². The van der Waals surface area contributed by atoms with Crippen LogP contribution in [0.15, 0.2) is 24.3 Å². The molecule has 1 aromatic carbocycles. The Labute approximate surface area is 150 Å². The van der Waals surface area contributed by atoms with Gasteiger partial charge in [-0.2, -0.15) is 0 Å². The summed E-state index contributed by atoms with van der Waals surface area (Å²) in [4.78, 5) is 13.9. The predicted octanol–water partition coefficient (Wildman–Crippen LogP) is 4.67. The normalized spacial score (nSPS) is 23.9. The minimum absolute atomic E-state index is 0.514. The average Bonchev–Trinajstić information content (AvgIpc) is 2.68. The maximum absolute atomic E-state index is 13.8. The number of nitrogens with zero attached hydrogens (tertiary/aromatic N) is 1. The minimum Gasteiger partial charge on any atom is -0.444 e. The molecule has 0 radical (unpaired) electrons. The zero-order valence-electron chi connectivity index (χ0n) is 14.1. The lowest BCUT2D eigenvalue weighted by atomic mass is 10.0. The minimum atomic E-state index is -0.938. The number of hydrogen-bond acceptors (Lipinski definition) is 3. The highest BCUT2D eigenvalue weighted by Gasteiger charge is 2.51. The lowest BCUT2D eigenvalue weighted by molar-refractivity contribution is -0.0797. The molecule has 1 fully saturated rings. The van der Waals surface area contributed by atoms with Crippen LogP contribution in [0.25, 0.3) is 0 Å². The van der Waals surface area contributed by atoms with E-state index in [1.165, 1.54) is 4.90 Å². The largest absolute Gasteiger partial charge is 0.444 e. The molecule has 2 rings (SSSR count). The molecule has 2 atom stereocenters. The van der Waals surface area contributed by atoms with Gasteiger partial charge in [0.15, 0.2) is 0 Å². The number of ether oxygens (including phenoxy) is 2. The number of benzene rings is 1. The third-order valence-corrected chi connectivity index (χ3v) is 4.34. The van der Waals surface area contributed by atoms with E-state index in [1.54, 1.807) is 34.6 Å². The van der Waals surface area contributed by atoms with Gasteiger partial charge in [0.05, 0.1) is 6.04 Å². The molecule has 0 saturated carbocycles. The van der Waals surface area contributed by atoms with Crippen LogP contribution in [-0.4, -0.2) is 35.0 Å². The second-order valence-electron chi connectivity index (χ2n) is 7.11. The third-order valence-electron chi connectivity index (χ3n) is 3.62. The summed E-state index contributed by atoms with van der Waals surface area (Å²) >= 11 is 2.21. The first kappa shape index (κ1) is 18.4. The Balaban J connectivity index is 2.32. The van der Waals surface area contributed by atoms with Gasteiger partial charge in [-0.25, -0.2) is 9.18 Å². The highest BCUT2D eigenvalue weighted by Crippen LogP contribution is 2.42. The maximum atomic E-state index is 13.8. The van der Waals surface area contributed by atoms with Crippen molar-refractivity contribution in [2.45, 2.75) is 58.1 Å². The van der Waals surface area contributed by atoms with Crippen molar-refractivity contribution < 1.29 is 18.7 Å². The molecule has 4 nitrogen and oxygen atoms in total. The molecular weight excluding hydrogens is 412 g/mol. The van der Waals surface area contributed by atoms with Crippen molar-refractivity contribution in [2.75, 3.05) is 6.67 Å². The van der Waals surface area contributed by atoms with Crippen molar-refractivity contribution >= 4 is 28.7 Å². The standard InChI is InChI=1S/C17H23FINO3/c1-16(2,3)23-15(21)20-13(10-18)14(22-17(20,4)5)11-6-8-12(19)9-7-11/h6-9,13-14H,10H2,1-5H3. The quantitative estimate of drug-likeness (QED) is 0.634. The van der Waals surface area contributed by atoms with E-state index in [-0.39, 0.29) is 0 Å². The first-order valence-corrected chi connectivity index (χ1v) is 8.64. The average molecular weight is 435 g/mol. The summed E-state index contributed by atoms with van der Waals surface area (Å²) in [6, 6.07) is 6.99. The predicted molar refractivity (Wildman–Crippen MR) is 94.9 cm³/mol. The number of alkyl halides is 1. The first-order valence-electron chi connectivity index (χ1n) is 7.57. The summed E-state index contributed by atoms with van der Waals surface area (Å²) in [5.74, 6) is 0. The van der Waals surface area contributed by atoms with Gasteiger partial charge in [-0.3, -0.25) is 4.90 Å². The van der Waals surface area contributed by atoms with Gasteiger partial charge in [-0.1, -0.05) is 12.1 Å². The van der Waals surface area contributed by atoms with Crippen molar-refractivity contribution in [3.05, 3.63) is 33.4 Å². The molecule has 1 amide bonds. The molecule has 1 aliphatic rings. The fourth-order valence-electron chi connectivity index (χ4n) is 2.74. The molecular formula is C17H23FINO3. The highest BCUT2D eigenvalue weighted by molar-refractivity contribution is 14.1. The fourth-order valence-corrected chi connectivity index (χ4v) is 3.10. The van der Waals surface area contributed by atoms with E-state index in [9.17, 15) is 9.18 Å². The van der Waals surface area contributed by atoms with Crippen molar-refractivity contribution in [2.24, 2.45) is 0 Å². The summed E-state index contributed by atoms with van der Waals surface area (Å²) in [6.45, 7) is 8.18. The maximum Gasteiger partial charge on any atom is 0.413 e. The van der Waals surface area contributed by atoms with Crippen LogP contribution in [0, 0.1) is 3.57 Å². The number of amides is 1. The topological polar surface area (TPSA) is 38.8 Å². The summed E-state index contributed by atoms with van der Waals surface area (Å²) in [5.41, 5.74) is -0.728. The molecule has 128 valence electrons. The molecule has 2 unspecified atom stereocenters. The van der Waals surface area contributed by atoms with Gasteiger partial charge < -0.3 is 9.47 Å². The summed E-state index contributed by atoms with van der Waals surface area (Å²) in [7, 11) is 0. The Morgan fingerprint density at radius 1 is 1.35 bits per heavy atom. The smallest absolute Gasteiger partial charge is 0.413 e. The van der Waals surface area contributed by atoms with Gasteiger partial charge in [-0.15, -0.1) is 0 Å². The highest BCUT2D eigenvalue weighted by atomic mass is 127. The number of carbonyl (C=O) groups excluding carboxylic acids is 1. The lowest BCUT2D eigenvalue weighted by Crippen LogP contribution is -2.50. The van der Waals surface area contributed by atoms with E-state index < -0.39 is 36.2 Å². The third kappa shape index (κ3) is 4.15. The van der Waals surface area contributed by atoms with Gasteiger partial charge in [0, 0.05) is 3.57 Å². The zero-order valence-corrected chi connectivity index (χ0v) is 16.3. The molecule has 0 N–H and O–H groups in total. The van der Waals surface area contributed by atoms with Gasteiger partial charge in [0.25, 0.3) is 0 Å². The molecule has 1 saturated heterocycles. The van der Waals surface area contributed by atoms with Gasteiger partial charge in [-0.05, 0) is 74.9 Å². The number of rotatable bonds is 2. The van der Waals surface area contributed by atoms with Crippen LogP contribution in [0.4, 0.5) is 9.18 Å². The first-order chi connectivity index (χ1) is 10.5. The number of hydrogen-bond donors (Lipinski definition) is 0. The van der Waals surface area contributed by atoms with Crippen molar-refractivity contribution in [3.8, 4) is 0 Å². The number of carbonyl (C=O) groups is 1. The molecule has 23 heavy (non-hydrogen) atoms. The Morgan fingerprint density at radius 2 is 1.91 bits per heavy atom. The van der Waals surface area contributed by atoms with E-state index in [0.29, 0.717) is 0 Å². The zero-order chi connectivity index (χ0) is 17.4. The summed E-state index contributed by atoms with van der Waals surface area (Å²) in [5, 5.41) is 0. The second kappa shape index (κ2) is 6.55. The van der Waals surface area contributed by atoms with Gasteiger partial charge in [0.1, 0.15) is 24.1 Å². The van der Waals surface area contributed by atoms with Crippen LogP contribution < -0.4 is 0 Å². The number of halogens is 2. The Kier molecular flexibility index (Phi) is 5.25. The monoisotopic (exact) mass is 435 g/mol. The van der Waals surface area contributed by atoms with E-state index in [2.05, 4.69) is 22.6 Å². The molecule has 0 aliphatic carbocycles. The Bertz CT molecular complexity index is 568. The fraction of sp³-hybridized carbons (Fsp3) is 0.588. The SMILES string of the molecule is CC(C)(C)OC(=O)N1C(CF)C(c2ccc(I)cc2)OC1(C)C. The van der Waals surface area contributed by atoms with Crippen LogP contribution >= 0.6 is 22.6 Å². The molecule has 0 spiro atoms. The van der Waals surface area contributed by atoms with Gasteiger partial charge in [0.2, 0.25) is 0 Å². The van der Waals surface area contributed by atoms with Crippen LogP contribution in [0.5, 0.6) is 0 Å². The molecule has 1 heterocycles. The second-order valence-corrected chi connectivity index (χ2v) is 8.35. The molecule has 6 heteroatoms. The van der Waals surface area contributed by atoms with E-state index in [1.807, 2.05) is 24.3 Å². The van der Waals surface area contributed by atoms with Crippen molar-refractivity contribution in [1.82, 2.24) is 4.90 Å². The summed E-state index contributed by atoms with van der Waals surface area (Å²) in [6.07, 6.45) is -1.07. The van der Waals surface area contributed by atoms with E-state index >= 15 is 0 Å². The van der Waals surface area contributed by atoms with Crippen LogP contribution in [0.3, 0.4) is 0 Å². The molecule has 1 aliphatic heterocycles. The van der Waals surface area contributed by atoms with Crippen LogP contribution in [-0.2, 0) is 9.47 Å². The van der Waals surface area contributed by atoms with Crippen LogP contribution in [0.2, 0.25) is 0 Å². The van der Waals surface area contributed by atoms with Crippen molar-refractivity contribution in [1.29, 1.82) is 0 Å².